The molecule has 1 aliphatic heterocycles. The number of hydrogen-bond donors (Lipinski definition) is 0. The number of aromatic nitrogens is 2. The molecule has 3 rings (SSSR count). The molecule has 1 amide bonds. The standard InChI is InChI=1S/C18H23N3O4S/c1-13-5-7-15(8-6-13)26(23,24)21-16-9-10-20(12-14(16)11-19-21)17(22)25-18(2,3)4/h5-8,11H,9-10,12H2,1-4H3. The molecule has 0 spiro atoms. The molecular formula is C18H23N3O4S. The molecule has 1 aromatic carbocycles. The molecule has 8 heteroatoms. The molecule has 140 valence electrons. The second kappa shape index (κ2) is 6.42. The average Bonchev–Trinajstić information content (AvgIpc) is 2.97. The van der Waals surface area contributed by atoms with Crippen molar-refractivity contribution in [3.05, 3.63) is 47.3 Å². The van der Waals surface area contributed by atoms with Crippen LogP contribution in [0.25, 0.3) is 0 Å². The first-order valence-corrected chi connectivity index (χ1v) is 9.88. The summed E-state index contributed by atoms with van der Waals surface area (Å²) >= 11 is 0. The number of benzene rings is 1. The fraction of sp³-hybridized carbons (Fsp3) is 0.444. The van der Waals surface area contributed by atoms with Crippen LogP contribution in [0.5, 0.6) is 0 Å². The molecule has 0 saturated heterocycles. The first-order chi connectivity index (χ1) is 12.1. The predicted octanol–water partition coefficient (Wildman–Crippen LogP) is 2.72. The first-order valence-electron chi connectivity index (χ1n) is 8.44. The molecule has 0 radical (unpaired) electrons. The number of carbonyl (C=O) groups is 1. The van der Waals surface area contributed by atoms with Crippen molar-refractivity contribution < 1.29 is 17.9 Å². The van der Waals surface area contributed by atoms with E-state index in [-0.39, 0.29) is 11.4 Å². The van der Waals surface area contributed by atoms with Crippen LogP contribution >= 0.6 is 0 Å². The van der Waals surface area contributed by atoms with Gasteiger partial charge in [-0.25, -0.2) is 4.79 Å². The van der Waals surface area contributed by atoms with Crippen LogP contribution in [-0.4, -0.2) is 40.7 Å². The molecule has 7 nitrogen and oxygen atoms in total. The van der Waals surface area contributed by atoms with E-state index in [4.69, 9.17) is 4.74 Å². The van der Waals surface area contributed by atoms with Crippen molar-refractivity contribution >= 4 is 16.1 Å². The smallest absolute Gasteiger partial charge is 0.410 e. The summed E-state index contributed by atoms with van der Waals surface area (Å²) in [5.74, 6) is 0. The first kappa shape index (κ1) is 18.4. The predicted molar refractivity (Wildman–Crippen MR) is 96.3 cm³/mol. The number of ether oxygens (including phenoxy) is 1. The molecule has 0 bridgehead atoms. The second-order valence-corrected chi connectivity index (χ2v) is 9.20. The SMILES string of the molecule is Cc1ccc(S(=O)(=O)n2ncc3c2CCN(C(=O)OC(C)(C)C)C3)cc1. The minimum absolute atomic E-state index is 0.198. The third kappa shape index (κ3) is 3.60. The Bertz CT molecular complexity index is 924. The molecule has 0 N–H and O–H groups in total. The second-order valence-electron chi connectivity index (χ2n) is 7.43. The lowest BCUT2D eigenvalue weighted by atomic mass is 10.1. The van der Waals surface area contributed by atoms with E-state index in [0.717, 1.165) is 15.2 Å². The minimum atomic E-state index is -3.75. The average molecular weight is 377 g/mol. The van der Waals surface area contributed by atoms with Crippen LogP contribution in [0.3, 0.4) is 0 Å². The lowest BCUT2D eigenvalue weighted by Crippen LogP contribution is -2.40. The van der Waals surface area contributed by atoms with Crippen molar-refractivity contribution in [3.8, 4) is 0 Å². The van der Waals surface area contributed by atoms with Crippen molar-refractivity contribution in [2.75, 3.05) is 6.54 Å². The number of carbonyl (C=O) groups excluding carboxylic acids is 1. The Labute approximate surface area is 153 Å². The van der Waals surface area contributed by atoms with Gasteiger partial charge in [-0.3, -0.25) is 0 Å². The highest BCUT2D eigenvalue weighted by molar-refractivity contribution is 7.89. The number of aryl methyl sites for hydroxylation is 1. The Kier molecular flexibility index (Phi) is 4.56. The van der Waals surface area contributed by atoms with Crippen molar-refractivity contribution in [1.29, 1.82) is 0 Å². The van der Waals surface area contributed by atoms with Crippen LogP contribution < -0.4 is 0 Å². The van der Waals surface area contributed by atoms with Gasteiger partial charge in [0.1, 0.15) is 5.60 Å². The normalized spacial score (nSPS) is 14.8. The van der Waals surface area contributed by atoms with Crippen LogP contribution in [-0.2, 0) is 27.7 Å². The largest absolute Gasteiger partial charge is 0.444 e. The molecule has 0 saturated carbocycles. The van der Waals surface area contributed by atoms with Gasteiger partial charge >= 0.3 is 6.09 Å². The van der Waals surface area contributed by atoms with E-state index in [1.807, 2.05) is 27.7 Å². The van der Waals surface area contributed by atoms with Crippen molar-refractivity contribution in [3.63, 3.8) is 0 Å². The molecule has 0 unspecified atom stereocenters. The quantitative estimate of drug-likeness (QED) is 0.804. The fourth-order valence-electron chi connectivity index (χ4n) is 2.80. The zero-order chi connectivity index (χ0) is 19.1. The summed E-state index contributed by atoms with van der Waals surface area (Å²) in [6, 6.07) is 6.67. The van der Waals surface area contributed by atoms with Gasteiger partial charge in [0.25, 0.3) is 10.0 Å². The summed E-state index contributed by atoms with van der Waals surface area (Å²) < 4.78 is 32.2. The minimum Gasteiger partial charge on any atom is -0.444 e. The zero-order valence-electron chi connectivity index (χ0n) is 15.4. The summed E-state index contributed by atoms with van der Waals surface area (Å²) in [6.07, 6.45) is 1.51. The van der Waals surface area contributed by atoms with Crippen molar-refractivity contribution in [2.24, 2.45) is 0 Å². The van der Waals surface area contributed by atoms with Gasteiger partial charge in [0.05, 0.1) is 23.3 Å². The molecular weight excluding hydrogens is 354 g/mol. The van der Waals surface area contributed by atoms with E-state index in [9.17, 15) is 13.2 Å². The Hall–Kier alpha value is -2.35. The van der Waals surface area contributed by atoms with Gasteiger partial charge in [-0.1, -0.05) is 17.7 Å². The fourth-order valence-corrected chi connectivity index (χ4v) is 4.15. The van der Waals surface area contributed by atoms with Gasteiger partial charge in [0.15, 0.2) is 0 Å². The molecule has 0 aliphatic carbocycles. The molecule has 26 heavy (non-hydrogen) atoms. The molecule has 0 fully saturated rings. The summed E-state index contributed by atoms with van der Waals surface area (Å²) in [4.78, 5) is 14.0. The Morgan fingerprint density at radius 1 is 1.19 bits per heavy atom. The number of amides is 1. The van der Waals surface area contributed by atoms with E-state index in [1.165, 1.54) is 6.20 Å². The molecule has 2 aromatic rings. The Morgan fingerprint density at radius 3 is 2.46 bits per heavy atom. The lowest BCUT2D eigenvalue weighted by molar-refractivity contribution is 0.0223. The van der Waals surface area contributed by atoms with Gasteiger partial charge in [-0.05, 0) is 39.8 Å². The van der Waals surface area contributed by atoms with Crippen LogP contribution in [0.1, 0.15) is 37.6 Å². The van der Waals surface area contributed by atoms with Crippen molar-refractivity contribution in [1.82, 2.24) is 14.1 Å². The highest BCUT2D eigenvalue weighted by Gasteiger charge is 2.31. The monoisotopic (exact) mass is 377 g/mol. The Balaban J connectivity index is 1.86. The third-order valence-corrected chi connectivity index (χ3v) is 5.74. The Morgan fingerprint density at radius 2 is 1.85 bits per heavy atom. The maximum absolute atomic E-state index is 12.9. The van der Waals surface area contributed by atoms with Crippen LogP contribution in [0.4, 0.5) is 4.79 Å². The van der Waals surface area contributed by atoms with Gasteiger partial charge in [0, 0.05) is 18.5 Å². The maximum atomic E-state index is 12.9. The zero-order valence-corrected chi connectivity index (χ0v) is 16.2. The summed E-state index contributed by atoms with van der Waals surface area (Å²) in [5, 5.41) is 4.09. The van der Waals surface area contributed by atoms with Crippen LogP contribution in [0, 0.1) is 6.92 Å². The van der Waals surface area contributed by atoms with Gasteiger partial charge in [0.2, 0.25) is 0 Å². The van der Waals surface area contributed by atoms with Crippen LogP contribution in [0.15, 0.2) is 35.4 Å². The summed E-state index contributed by atoms with van der Waals surface area (Å²) in [6.45, 7) is 8.01. The number of rotatable bonds is 2. The van der Waals surface area contributed by atoms with E-state index in [0.29, 0.717) is 18.7 Å². The molecule has 1 aromatic heterocycles. The van der Waals surface area contributed by atoms with E-state index >= 15 is 0 Å². The lowest BCUT2D eigenvalue weighted by Gasteiger charge is -2.30. The molecule has 0 atom stereocenters. The summed E-state index contributed by atoms with van der Waals surface area (Å²) in [5.41, 5.74) is 1.75. The van der Waals surface area contributed by atoms with E-state index in [2.05, 4.69) is 5.10 Å². The topological polar surface area (TPSA) is 81.5 Å². The molecule has 1 aliphatic rings. The number of nitrogens with zero attached hydrogens (tertiary/aromatic N) is 3. The number of fused-ring (bicyclic) bond motifs is 1. The van der Waals surface area contributed by atoms with Crippen molar-refractivity contribution in [2.45, 2.75) is 51.2 Å². The maximum Gasteiger partial charge on any atom is 0.410 e. The van der Waals surface area contributed by atoms with Gasteiger partial charge < -0.3 is 9.64 Å². The van der Waals surface area contributed by atoms with Gasteiger partial charge in [-0.2, -0.15) is 17.6 Å². The van der Waals surface area contributed by atoms with Gasteiger partial charge in [-0.15, -0.1) is 0 Å². The highest BCUT2D eigenvalue weighted by Crippen LogP contribution is 2.24. The summed E-state index contributed by atoms with van der Waals surface area (Å²) in [7, 11) is -3.75. The molecule has 2 heterocycles. The van der Waals surface area contributed by atoms with E-state index < -0.39 is 21.7 Å². The highest BCUT2D eigenvalue weighted by atomic mass is 32.2. The number of hydrogen-bond acceptors (Lipinski definition) is 5. The van der Waals surface area contributed by atoms with E-state index in [1.54, 1.807) is 29.2 Å². The third-order valence-electron chi connectivity index (χ3n) is 4.10. The van der Waals surface area contributed by atoms with Crippen LogP contribution in [0.2, 0.25) is 0 Å².